The van der Waals surface area contributed by atoms with E-state index >= 15 is 0 Å². The van der Waals surface area contributed by atoms with E-state index < -0.39 is 0 Å². The molecule has 2 heterocycles. The molecule has 1 aliphatic heterocycles. The maximum absolute atomic E-state index is 12.4. The second kappa shape index (κ2) is 5.59. The lowest BCUT2D eigenvalue weighted by Crippen LogP contribution is -2.13. The van der Waals surface area contributed by atoms with E-state index in [1.54, 1.807) is 12.3 Å². The Hall–Kier alpha value is -2.11. The molecular formula is C17H17NO4. The van der Waals surface area contributed by atoms with Crippen LogP contribution in [0.1, 0.15) is 46.7 Å². The lowest BCUT2D eigenvalue weighted by atomic mass is 10.1. The molecule has 1 saturated carbocycles. The number of furan rings is 1. The maximum atomic E-state index is 12.4. The van der Waals surface area contributed by atoms with Crippen molar-refractivity contribution < 1.29 is 18.7 Å². The third kappa shape index (κ3) is 2.65. The Morgan fingerprint density at radius 3 is 2.73 bits per heavy atom. The van der Waals surface area contributed by atoms with E-state index in [1.165, 1.54) is 0 Å². The molecule has 4 rings (SSSR count). The van der Waals surface area contributed by atoms with E-state index in [4.69, 9.17) is 13.9 Å². The van der Waals surface area contributed by atoms with Crippen LogP contribution in [-0.4, -0.2) is 19.1 Å². The zero-order valence-corrected chi connectivity index (χ0v) is 12.1. The van der Waals surface area contributed by atoms with Gasteiger partial charge in [0.2, 0.25) is 0 Å². The molecule has 0 spiro atoms. The number of rotatable bonds is 4. The Bertz CT molecular complexity index is 683. The highest BCUT2D eigenvalue weighted by Crippen LogP contribution is 2.42. The zero-order chi connectivity index (χ0) is 14.9. The summed E-state index contributed by atoms with van der Waals surface area (Å²) in [6.45, 7) is 1.20. The summed E-state index contributed by atoms with van der Waals surface area (Å²) in [5.74, 6) is 1.07. The number of carbonyl (C=O) groups excluding carboxylic acids is 1. The molecule has 22 heavy (non-hydrogen) atoms. The third-order valence-corrected chi connectivity index (χ3v) is 3.93. The first-order valence-corrected chi connectivity index (χ1v) is 7.53. The van der Waals surface area contributed by atoms with Crippen molar-refractivity contribution in [3.05, 3.63) is 53.5 Å². The molecule has 1 aromatic heterocycles. The predicted molar refractivity (Wildman–Crippen MR) is 79.7 cm³/mol. The molecule has 1 saturated heterocycles. The predicted octanol–water partition coefficient (Wildman–Crippen LogP) is 3.45. The number of amides is 1. The number of hydrogen-bond acceptors (Lipinski definition) is 4. The van der Waals surface area contributed by atoms with Gasteiger partial charge in [0.25, 0.3) is 5.91 Å². The highest BCUT2D eigenvalue weighted by Gasteiger charge is 2.31. The average molecular weight is 299 g/mol. The van der Waals surface area contributed by atoms with Gasteiger partial charge in [-0.1, -0.05) is 12.1 Å². The van der Waals surface area contributed by atoms with Crippen LogP contribution in [0.25, 0.3) is 0 Å². The van der Waals surface area contributed by atoms with E-state index in [0.717, 1.165) is 29.9 Å². The number of ether oxygens (including phenoxy) is 2. The minimum absolute atomic E-state index is 0.138. The van der Waals surface area contributed by atoms with E-state index in [1.807, 2.05) is 24.3 Å². The maximum Gasteiger partial charge on any atom is 0.259 e. The third-order valence-electron chi connectivity index (χ3n) is 3.93. The fourth-order valence-electron chi connectivity index (χ4n) is 2.68. The van der Waals surface area contributed by atoms with Gasteiger partial charge in [-0.3, -0.25) is 4.79 Å². The average Bonchev–Trinajstić information content (AvgIpc) is 3.05. The van der Waals surface area contributed by atoms with Gasteiger partial charge < -0.3 is 19.2 Å². The van der Waals surface area contributed by atoms with Crippen LogP contribution in [0.2, 0.25) is 0 Å². The Kier molecular flexibility index (Phi) is 3.44. The summed E-state index contributed by atoms with van der Waals surface area (Å²) in [6.07, 6.45) is 3.44. The van der Waals surface area contributed by atoms with E-state index in [2.05, 4.69) is 5.32 Å². The second-order valence-corrected chi connectivity index (χ2v) is 5.63. The van der Waals surface area contributed by atoms with Crippen LogP contribution in [0.4, 0.5) is 5.69 Å². The number of benzene rings is 1. The van der Waals surface area contributed by atoms with Gasteiger partial charge in [0, 0.05) is 17.2 Å². The van der Waals surface area contributed by atoms with Crippen LogP contribution in [0.3, 0.4) is 0 Å². The van der Waals surface area contributed by atoms with Crippen LogP contribution in [0, 0.1) is 0 Å². The van der Waals surface area contributed by atoms with Gasteiger partial charge in [0.1, 0.15) is 5.76 Å². The second-order valence-electron chi connectivity index (χ2n) is 5.63. The van der Waals surface area contributed by atoms with Crippen molar-refractivity contribution in [2.45, 2.75) is 25.0 Å². The lowest BCUT2D eigenvalue weighted by molar-refractivity contribution is -0.0440. The lowest BCUT2D eigenvalue weighted by Gasteiger charge is -2.11. The van der Waals surface area contributed by atoms with Gasteiger partial charge in [0.15, 0.2) is 6.29 Å². The summed E-state index contributed by atoms with van der Waals surface area (Å²) in [4.78, 5) is 12.4. The van der Waals surface area contributed by atoms with Crippen LogP contribution in [0.5, 0.6) is 0 Å². The van der Waals surface area contributed by atoms with Crippen molar-refractivity contribution in [3.63, 3.8) is 0 Å². The molecule has 5 nitrogen and oxygen atoms in total. The first-order chi connectivity index (χ1) is 10.8. The van der Waals surface area contributed by atoms with Crippen LogP contribution in [-0.2, 0) is 9.47 Å². The van der Waals surface area contributed by atoms with Crippen LogP contribution >= 0.6 is 0 Å². The van der Waals surface area contributed by atoms with E-state index in [0.29, 0.717) is 24.7 Å². The van der Waals surface area contributed by atoms with Gasteiger partial charge in [-0.15, -0.1) is 0 Å². The van der Waals surface area contributed by atoms with Crippen LogP contribution in [0.15, 0.2) is 41.0 Å². The van der Waals surface area contributed by atoms with Crippen molar-refractivity contribution in [2.24, 2.45) is 0 Å². The summed E-state index contributed by atoms with van der Waals surface area (Å²) in [5.41, 5.74) is 2.26. The van der Waals surface area contributed by atoms with E-state index in [-0.39, 0.29) is 12.2 Å². The van der Waals surface area contributed by atoms with Gasteiger partial charge in [-0.25, -0.2) is 0 Å². The monoisotopic (exact) mass is 299 g/mol. The van der Waals surface area contributed by atoms with Gasteiger partial charge in [-0.2, -0.15) is 0 Å². The first kappa shape index (κ1) is 13.5. The number of carbonyl (C=O) groups is 1. The summed E-state index contributed by atoms with van der Waals surface area (Å²) in [7, 11) is 0. The summed E-state index contributed by atoms with van der Waals surface area (Å²) in [6, 6.07) is 9.28. The summed E-state index contributed by atoms with van der Waals surface area (Å²) < 4.78 is 16.4. The molecule has 2 aromatic rings. The smallest absolute Gasteiger partial charge is 0.259 e. The summed E-state index contributed by atoms with van der Waals surface area (Å²) >= 11 is 0. The Balaban J connectivity index is 1.51. The topological polar surface area (TPSA) is 60.7 Å². The normalized spacial score (nSPS) is 18.5. The molecule has 0 atom stereocenters. The SMILES string of the molecule is O=C(Nc1cccc(C2OCCO2)c1)c1ccoc1C1CC1. The molecule has 1 aromatic carbocycles. The minimum atomic E-state index is -0.340. The zero-order valence-electron chi connectivity index (χ0n) is 12.1. The standard InChI is InChI=1S/C17H17NO4/c19-16(14-6-7-20-15(14)11-4-5-11)18-13-3-1-2-12(10-13)17-21-8-9-22-17/h1-3,6-7,10-11,17H,4-5,8-9H2,(H,18,19). The van der Waals surface area contributed by atoms with Crippen molar-refractivity contribution in [2.75, 3.05) is 18.5 Å². The Morgan fingerprint density at radius 1 is 1.14 bits per heavy atom. The van der Waals surface area contributed by atoms with Gasteiger partial charge >= 0.3 is 0 Å². The van der Waals surface area contributed by atoms with Crippen molar-refractivity contribution in [1.82, 2.24) is 0 Å². The number of anilines is 1. The van der Waals surface area contributed by atoms with Crippen molar-refractivity contribution >= 4 is 11.6 Å². The quantitative estimate of drug-likeness (QED) is 0.939. The Morgan fingerprint density at radius 2 is 1.95 bits per heavy atom. The molecule has 114 valence electrons. The highest BCUT2D eigenvalue weighted by atomic mass is 16.7. The molecule has 0 radical (unpaired) electrons. The Labute approximate surface area is 128 Å². The molecule has 1 aliphatic carbocycles. The molecule has 5 heteroatoms. The molecule has 2 fully saturated rings. The largest absolute Gasteiger partial charge is 0.468 e. The van der Waals surface area contributed by atoms with Crippen molar-refractivity contribution in [3.8, 4) is 0 Å². The molecule has 1 N–H and O–H groups in total. The van der Waals surface area contributed by atoms with E-state index in [9.17, 15) is 4.79 Å². The number of hydrogen-bond donors (Lipinski definition) is 1. The summed E-state index contributed by atoms with van der Waals surface area (Å²) in [5, 5.41) is 2.92. The van der Waals surface area contributed by atoms with Crippen LogP contribution < -0.4 is 5.32 Å². The minimum Gasteiger partial charge on any atom is -0.468 e. The first-order valence-electron chi connectivity index (χ1n) is 7.53. The molecule has 0 bridgehead atoms. The fraction of sp³-hybridized carbons (Fsp3) is 0.353. The highest BCUT2D eigenvalue weighted by molar-refractivity contribution is 6.05. The van der Waals surface area contributed by atoms with Crippen molar-refractivity contribution in [1.29, 1.82) is 0 Å². The number of nitrogens with one attached hydrogen (secondary N) is 1. The molecule has 1 amide bonds. The molecule has 0 unspecified atom stereocenters. The fourth-order valence-corrected chi connectivity index (χ4v) is 2.68. The van der Waals surface area contributed by atoms with Gasteiger partial charge in [0.05, 0.1) is 25.0 Å². The molecule has 2 aliphatic rings. The molecular weight excluding hydrogens is 282 g/mol. The van der Waals surface area contributed by atoms with Gasteiger partial charge in [-0.05, 0) is 31.0 Å².